The van der Waals surface area contributed by atoms with Crippen molar-refractivity contribution in [2.45, 2.75) is 102 Å². The molecule has 0 spiro atoms. The summed E-state index contributed by atoms with van der Waals surface area (Å²) in [7, 11) is 0. The predicted octanol–water partition coefficient (Wildman–Crippen LogP) is 5.20. The van der Waals surface area contributed by atoms with Crippen molar-refractivity contribution in [1.82, 2.24) is 4.90 Å². The highest BCUT2D eigenvalue weighted by Crippen LogP contribution is 2.32. The van der Waals surface area contributed by atoms with E-state index in [4.69, 9.17) is 19.9 Å². The Labute approximate surface area is 199 Å². The highest BCUT2D eigenvalue weighted by Gasteiger charge is 2.44. The van der Waals surface area contributed by atoms with Crippen molar-refractivity contribution >= 4 is 6.09 Å². The monoisotopic (exact) mass is 458 g/mol. The Hall–Kier alpha value is -1.89. The molecule has 1 aliphatic heterocycles. The molecule has 2 N–H and O–H groups in total. The second kappa shape index (κ2) is 11.5. The number of rotatable bonds is 8. The van der Waals surface area contributed by atoms with Crippen molar-refractivity contribution in [3.05, 3.63) is 48.6 Å². The topological polar surface area (TPSA) is 74.0 Å². The second-order valence-corrected chi connectivity index (χ2v) is 10.5. The zero-order valence-corrected chi connectivity index (χ0v) is 20.6. The molecule has 6 heteroatoms. The zero-order chi connectivity index (χ0) is 23.9. The van der Waals surface area contributed by atoms with Crippen LogP contribution in [-0.2, 0) is 20.8 Å². The average molecular weight is 459 g/mol. The van der Waals surface area contributed by atoms with Crippen LogP contribution in [-0.4, -0.2) is 53.5 Å². The summed E-state index contributed by atoms with van der Waals surface area (Å²) in [4.78, 5) is 14.7. The molecule has 1 aromatic rings. The molecule has 6 nitrogen and oxygen atoms in total. The van der Waals surface area contributed by atoms with Crippen LogP contribution in [0.2, 0.25) is 0 Å². The number of piperidine rings is 1. The van der Waals surface area contributed by atoms with Crippen LogP contribution in [0.3, 0.4) is 0 Å². The Morgan fingerprint density at radius 3 is 2.39 bits per heavy atom. The van der Waals surface area contributed by atoms with Crippen molar-refractivity contribution in [3.63, 3.8) is 0 Å². The summed E-state index contributed by atoms with van der Waals surface area (Å²) < 4.78 is 18.2. The minimum absolute atomic E-state index is 0.164. The molecule has 2 fully saturated rings. The van der Waals surface area contributed by atoms with Crippen LogP contribution in [0, 0.1) is 0 Å². The third-order valence-corrected chi connectivity index (χ3v) is 6.67. The van der Waals surface area contributed by atoms with E-state index in [0.717, 1.165) is 38.5 Å². The minimum atomic E-state index is -0.549. The lowest BCUT2D eigenvalue weighted by Crippen LogP contribution is -2.65. The van der Waals surface area contributed by atoms with Gasteiger partial charge in [-0.2, -0.15) is 0 Å². The van der Waals surface area contributed by atoms with Gasteiger partial charge < -0.3 is 24.8 Å². The van der Waals surface area contributed by atoms with E-state index >= 15 is 0 Å². The summed E-state index contributed by atoms with van der Waals surface area (Å²) >= 11 is 0. The van der Waals surface area contributed by atoms with Crippen LogP contribution in [0.25, 0.3) is 0 Å². The Morgan fingerprint density at radius 2 is 1.79 bits per heavy atom. The third kappa shape index (κ3) is 7.56. The molecule has 1 amide bonds. The first-order chi connectivity index (χ1) is 15.7. The van der Waals surface area contributed by atoms with Gasteiger partial charge in [-0.05, 0) is 71.3 Å². The van der Waals surface area contributed by atoms with E-state index in [1.807, 2.05) is 45.0 Å². The summed E-state index contributed by atoms with van der Waals surface area (Å²) in [5, 5.41) is 0. The number of carbonyl (C=O) groups excluding carboxylic acids is 1. The molecule has 0 radical (unpaired) electrons. The van der Waals surface area contributed by atoms with E-state index in [-0.39, 0.29) is 24.3 Å². The minimum Gasteiger partial charge on any atom is -0.444 e. The lowest BCUT2D eigenvalue weighted by Gasteiger charge is -2.48. The quantitative estimate of drug-likeness (QED) is 0.542. The first-order valence-corrected chi connectivity index (χ1v) is 12.4. The molecule has 1 aromatic carbocycles. The normalized spacial score (nSPS) is 28.4. The van der Waals surface area contributed by atoms with Gasteiger partial charge in [0.15, 0.2) is 0 Å². The van der Waals surface area contributed by atoms with Gasteiger partial charge in [0.1, 0.15) is 5.60 Å². The van der Waals surface area contributed by atoms with Crippen molar-refractivity contribution in [1.29, 1.82) is 0 Å². The van der Waals surface area contributed by atoms with E-state index in [9.17, 15) is 4.79 Å². The van der Waals surface area contributed by atoms with Gasteiger partial charge in [-0.1, -0.05) is 36.4 Å². The van der Waals surface area contributed by atoms with Gasteiger partial charge in [0, 0.05) is 12.1 Å². The van der Waals surface area contributed by atoms with Crippen molar-refractivity contribution < 1.29 is 19.0 Å². The molecule has 1 aliphatic carbocycles. The number of nitrogens with zero attached hydrogens (tertiary/aromatic N) is 1. The van der Waals surface area contributed by atoms with Crippen LogP contribution < -0.4 is 5.73 Å². The summed E-state index contributed by atoms with van der Waals surface area (Å²) in [6, 6.07) is 10.1. The van der Waals surface area contributed by atoms with Crippen molar-refractivity contribution in [3.8, 4) is 0 Å². The highest BCUT2D eigenvalue weighted by atomic mass is 16.6. The molecule has 0 unspecified atom stereocenters. The van der Waals surface area contributed by atoms with E-state index in [2.05, 4.69) is 18.7 Å². The number of benzene rings is 1. The number of ether oxygens (including phenoxy) is 3. The number of hydrogen-bond acceptors (Lipinski definition) is 5. The van der Waals surface area contributed by atoms with E-state index < -0.39 is 11.1 Å². The largest absolute Gasteiger partial charge is 0.444 e. The maximum Gasteiger partial charge on any atom is 0.410 e. The van der Waals surface area contributed by atoms with E-state index in [1.54, 1.807) is 4.90 Å². The molecule has 33 heavy (non-hydrogen) atoms. The zero-order valence-electron chi connectivity index (χ0n) is 20.6. The maximum absolute atomic E-state index is 12.9. The van der Waals surface area contributed by atoms with Crippen molar-refractivity contribution in [2.24, 2.45) is 5.73 Å². The van der Waals surface area contributed by atoms with Crippen molar-refractivity contribution in [2.75, 3.05) is 13.2 Å². The SMILES string of the molecule is C=CC[C@]1(N)CCCN(C(=O)OC(C)(C)C)[C@H]1COC1CCC(OCc2ccccc2)CC1. The Bertz CT molecular complexity index is 755. The first-order valence-electron chi connectivity index (χ1n) is 12.4. The van der Waals surface area contributed by atoms with E-state index in [1.165, 1.54) is 5.56 Å². The molecule has 184 valence electrons. The van der Waals surface area contributed by atoms with Gasteiger partial charge in [0.05, 0.1) is 31.5 Å². The summed E-state index contributed by atoms with van der Waals surface area (Å²) in [6.45, 7) is 11.3. The van der Waals surface area contributed by atoms with E-state index in [0.29, 0.717) is 26.2 Å². The molecule has 1 saturated heterocycles. The smallest absolute Gasteiger partial charge is 0.410 e. The number of carbonyl (C=O) groups is 1. The molecule has 1 saturated carbocycles. The fraction of sp³-hybridized carbons (Fsp3) is 0.667. The molecule has 1 heterocycles. The second-order valence-electron chi connectivity index (χ2n) is 10.5. The Balaban J connectivity index is 1.54. The Kier molecular flexibility index (Phi) is 8.96. The number of nitrogens with two attached hydrogens (primary N) is 1. The fourth-order valence-corrected chi connectivity index (χ4v) is 4.89. The van der Waals surface area contributed by atoms with Crippen LogP contribution in [0.15, 0.2) is 43.0 Å². The average Bonchev–Trinajstić information content (AvgIpc) is 2.77. The summed E-state index contributed by atoms with van der Waals surface area (Å²) in [6.07, 6.45) is 8.18. The Morgan fingerprint density at radius 1 is 1.15 bits per heavy atom. The van der Waals surface area contributed by atoms with Gasteiger partial charge in [-0.25, -0.2) is 4.79 Å². The number of amides is 1. The standard InChI is InChI=1S/C27H42N2O4/c1-5-16-27(28)17-9-18-29(25(30)33-26(2,3)4)24(27)20-32-23-14-12-22(13-15-23)31-19-21-10-7-6-8-11-21/h5-8,10-11,22-24H,1,9,12-20,28H2,2-4H3/t22?,23?,24-,27-/m0/s1. The first kappa shape index (κ1) is 25.7. The van der Waals surface area contributed by atoms with Crippen LogP contribution in [0.5, 0.6) is 0 Å². The molecule has 3 rings (SSSR count). The molecular formula is C27H42N2O4. The highest BCUT2D eigenvalue weighted by molar-refractivity contribution is 5.69. The van der Waals surface area contributed by atoms with Gasteiger partial charge >= 0.3 is 6.09 Å². The number of hydrogen-bond donors (Lipinski definition) is 1. The molecule has 2 aliphatic rings. The van der Waals surface area contributed by atoms with Crippen LogP contribution in [0.1, 0.15) is 71.3 Å². The summed E-state index contributed by atoms with van der Waals surface area (Å²) in [5.74, 6) is 0. The molecule has 2 atom stereocenters. The molecule has 0 aromatic heterocycles. The molecule has 0 bridgehead atoms. The fourth-order valence-electron chi connectivity index (χ4n) is 4.89. The van der Waals surface area contributed by atoms with Gasteiger partial charge in [-0.3, -0.25) is 0 Å². The maximum atomic E-state index is 12.9. The summed E-state index contributed by atoms with van der Waals surface area (Å²) in [5.41, 5.74) is 6.93. The molecular weight excluding hydrogens is 416 g/mol. The van der Waals surface area contributed by atoms with Crippen LogP contribution in [0.4, 0.5) is 4.79 Å². The predicted molar refractivity (Wildman–Crippen MR) is 131 cm³/mol. The van der Waals surface area contributed by atoms with Crippen LogP contribution >= 0.6 is 0 Å². The lowest BCUT2D eigenvalue weighted by atomic mass is 9.79. The van der Waals surface area contributed by atoms with Gasteiger partial charge in [0.2, 0.25) is 0 Å². The number of likely N-dealkylation sites (tertiary alicyclic amines) is 1. The lowest BCUT2D eigenvalue weighted by molar-refractivity contribution is -0.0695. The van der Waals surface area contributed by atoms with Gasteiger partial charge in [0.25, 0.3) is 0 Å². The van der Waals surface area contributed by atoms with Gasteiger partial charge in [-0.15, -0.1) is 6.58 Å². The third-order valence-electron chi connectivity index (χ3n) is 6.67.